The average Bonchev–Trinajstić information content (AvgIpc) is 2.39. The van der Waals surface area contributed by atoms with Crippen molar-refractivity contribution in [2.75, 3.05) is 26.2 Å². The van der Waals surface area contributed by atoms with Gasteiger partial charge in [0.15, 0.2) is 0 Å². The molecule has 0 aliphatic heterocycles. The molecule has 0 aromatic rings. The molecule has 0 bridgehead atoms. The van der Waals surface area contributed by atoms with Crippen LogP contribution in [0.15, 0.2) is 0 Å². The second-order valence-electron chi connectivity index (χ2n) is 6.27. The lowest BCUT2D eigenvalue weighted by Crippen LogP contribution is -2.36. The molecule has 0 saturated heterocycles. The van der Waals surface area contributed by atoms with Gasteiger partial charge in [0.2, 0.25) is 0 Å². The highest BCUT2D eigenvalue weighted by Gasteiger charge is 2.18. The number of nitrogens with zero attached hydrogens (tertiary/aromatic N) is 2. The topological polar surface area (TPSA) is 39.1 Å². The van der Waals surface area contributed by atoms with Gasteiger partial charge in [-0.1, -0.05) is 27.7 Å². The van der Waals surface area contributed by atoms with E-state index in [1.165, 1.54) is 19.4 Å². The lowest BCUT2D eigenvalue weighted by molar-refractivity contribution is 0.276. The van der Waals surface area contributed by atoms with Crippen LogP contribution in [0.25, 0.3) is 0 Å². The van der Waals surface area contributed by atoms with Gasteiger partial charge < -0.3 is 10.2 Å². The molecule has 0 heterocycles. The second-order valence-corrected chi connectivity index (χ2v) is 6.27. The van der Waals surface area contributed by atoms with Crippen LogP contribution < -0.4 is 5.32 Å². The molecule has 1 atom stereocenters. The summed E-state index contributed by atoms with van der Waals surface area (Å²) in [6, 6.07) is 2.80. The summed E-state index contributed by atoms with van der Waals surface area (Å²) in [5.74, 6) is 0. The fraction of sp³-hybridized carbons (Fsp3) is 0.938. The van der Waals surface area contributed by atoms with Crippen molar-refractivity contribution < 1.29 is 0 Å². The van der Waals surface area contributed by atoms with Crippen LogP contribution in [0.2, 0.25) is 0 Å². The zero-order valence-corrected chi connectivity index (χ0v) is 13.6. The molecule has 3 nitrogen and oxygen atoms in total. The van der Waals surface area contributed by atoms with Crippen LogP contribution in [0.5, 0.6) is 0 Å². The molecule has 0 saturated carbocycles. The summed E-state index contributed by atoms with van der Waals surface area (Å²) in [5.41, 5.74) is 0.225. The van der Waals surface area contributed by atoms with Crippen molar-refractivity contribution in [1.29, 1.82) is 5.26 Å². The van der Waals surface area contributed by atoms with Crippen molar-refractivity contribution in [2.45, 2.75) is 66.3 Å². The van der Waals surface area contributed by atoms with Crippen LogP contribution in [0, 0.1) is 16.7 Å². The Kier molecular flexibility index (Phi) is 9.91. The van der Waals surface area contributed by atoms with E-state index in [2.05, 4.69) is 50.9 Å². The minimum Gasteiger partial charge on any atom is -0.314 e. The first kappa shape index (κ1) is 18.4. The molecule has 0 aromatic carbocycles. The Bertz CT molecular complexity index is 251. The van der Waals surface area contributed by atoms with Gasteiger partial charge in [0.25, 0.3) is 0 Å². The van der Waals surface area contributed by atoms with Crippen LogP contribution in [0.1, 0.15) is 60.3 Å². The third kappa shape index (κ3) is 9.92. The highest BCUT2D eigenvalue weighted by molar-refractivity contribution is 4.79. The molecular weight excluding hydrogens is 234 g/mol. The fourth-order valence-corrected chi connectivity index (χ4v) is 2.20. The second kappa shape index (κ2) is 10.2. The zero-order valence-electron chi connectivity index (χ0n) is 13.6. The predicted octanol–water partition coefficient (Wildman–Crippen LogP) is 3.42. The number of hydrogen-bond donors (Lipinski definition) is 1. The van der Waals surface area contributed by atoms with Gasteiger partial charge in [0, 0.05) is 19.0 Å². The summed E-state index contributed by atoms with van der Waals surface area (Å²) < 4.78 is 0. The van der Waals surface area contributed by atoms with Gasteiger partial charge in [-0.25, -0.2) is 0 Å². The van der Waals surface area contributed by atoms with E-state index in [1.807, 2.05) is 0 Å². The Morgan fingerprint density at radius 1 is 1.26 bits per heavy atom. The molecule has 19 heavy (non-hydrogen) atoms. The molecule has 1 N–H and O–H groups in total. The SMILES string of the molecule is CCN(CC)CCCC(C)NCC(C)(C)CCC#N. The Balaban J connectivity index is 3.74. The lowest BCUT2D eigenvalue weighted by atomic mass is 9.87. The van der Waals surface area contributed by atoms with Gasteiger partial charge in [-0.05, 0) is 51.2 Å². The van der Waals surface area contributed by atoms with E-state index in [0.717, 1.165) is 26.1 Å². The Morgan fingerprint density at radius 3 is 2.42 bits per heavy atom. The predicted molar refractivity (Wildman–Crippen MR) is 83.1 cm³/mol. The molecule has 0 aliphatic carbocycles. The van der Waals surface area contributed by atoms with E-state index in [4.69, 9.17) is 5.26 Å². The highest BCUT2D eigenvalue weighted by atomic mass is 15.1. The maximum Gasteiger partial charge on any atom is 0.0621 e. The minimum absolute atomic E-state index is 0.225. The van der Waals surface area contributed by atoms with Gasteiger partial charge in [-0.2, -0.15) is 5.26 Å². The van der Waals surface area contributed by atoms with Crippen molar-refractivity contribution >= 4 is 0 Å². The molecule has 1 unspecified atom stereocenters. The van der Waals surface area contributed by atoms with Gasteiger partial charge in [-0.3, -0.25) is 0 Å². The summed E-state index contributed by atoms with van der Waals surface area (Å²) in [7, 11) is 0. The van der Waals surface area contributed by atoms with Crippen molar-refractivity contribution in [3.8, 4) is 6.07 Å². The van der Waals surface area contributed by atoms with Crippen LogP contribution in [0.3, 0.4) is 0 Å². The van der Waals surface area contributed by atoms with Crippen molar-refractivity contribution in [3.63, 3.8) is 0 Å². The fourth-order valence-electron chi connectivity index (χ4n) is 2.20. The molecule has 0 amide bonds. The van der Waals surface area contributed by atoms with Crippen LogP contribution >= 0.6 is 0 Å². The molecule has 0 radical (unpaired) electrons. The first-order chi connectivity index (χ1) is 8.95. The molecule has 0 rings (SSSR count). The van der Waals surface area contributed by atoms with Crippen molar-refractivity contribution in [1.82, 2.24) is 10.2 Å². The molecule has 112 valence electrons. The number of nitrogens with one attached hydrogen (secondary N) is 1. The van der Waals surface area contributed by atoms with E-state index in [-0.39, 0.29) is 5.41 Å². The third-order valence-corrected chi connectivity index (χ3v) is 3.85. The Hall–Kier alpha value is -0.590. The van der Waals surface area contributed by atoms with E-state index < -0.39 is 0 Å². The summed E-state index contributed by atoms with van der Waals surface area (Å²) in [6.07, 6.45) is 4.12. The van der Waals surface area contributed by atoms with Crippen LogP contribution in [-0.2, 0) is 0 Å². The minimum atomic E-state index is 0.225. The van der Waals surface area contributed by atoms with Crippen molar-refractivity contribution in [2.24, 2.45) is 5.41 Å². The third-order valence-electron chi connectivity index (χ3n) is 3.85. The normalized spacial score (nSPS) is 13.5. The standard InChI is InChI=1S/C16H33N3/c1-6-19(7-2)13-8-10-15(3)18-14-16(4,5)11-9-12-17/h15,18H,6-11,13-14H2,1-5H3. The summed E-state index contributed by atoms with van der Waals surface area (Å²) in [4.78, 5) is 2.48. The summed E-state index contributed by atoms with van der Waals surface area (Å²) >= 11 is 0. The molecule has 0 aromatic heterocycles. The molecule has 0 spiro atoms. The van der Waals surface area contributed by atoms with E-state index in [1.54, 1.807) is 0 Å². The monoisotopic (exact) mass is 267 g/mol. The van der Waals surface area contributed by atoms with Gasteiger partial charge in [-0.15, -0.1) is 0 Å². The molecule has 0 fully saturated rings. The lowest BCUT2D eigenvalue weighted by Gasteiger charge is -2.27. The van der Waals surface area contributed by atoms with E-state index in [0.29, 0.717) is 12.5 Å². The first-order valence-electron chi connectivity index (χ1n) is 7.77. The van der Waals surface area contributed by atoms with E-state index in [9.17, 15) is 0 Å². The Morgan fingerprint density at radius 2 is 1.89 bits per heavy atom. The first-order valence-corrected chi connectivity index (χ1v) is 7.77. The van der Waals surface area contributed by atoms with Crippen LogP contribution in [-0.4, -0.2) is 37.1 Å². The largest absolute Gasteiger partial charge is 0.314 e. The van der Waals surface area contributed by atoms with Gasteiger partial charge in [0.05, 0.1) is 6.07 Å². The Labute approximate surface area is 120 Å². The number of rotatable bonds is 11. The number of nitriles is 1. The maximum atomic E-state index is 8.65. The summed E-state index contributed by atoms with van der Waals surface area (Å²) in [5, 5.41) is 12.3. The molecular formula is C16H33N3. The smallest absolute Gasteiger partial charge is 0.0621 e. The number of hydrogen-bond acceptors (Lipinski definition) is 3. The molecule has 3 heteroatoms. The van der Waals surface area contributed by atoms with Crippen molar-refractivity contribution in [3.05, 3.63) is 0 Å². The highest BCUT2D eigenvalue weighted by Crippen LogP contribution is 2.21. The molecule has 0 aliphatic rings. The zero-order chi connectivity index (χ0) is 14.7. The average molecular weight is 267 g/mol. The van der Waals surface area contributed by atoms with E-state index >= 15 is 0 Å². The van der Waals surface area contributed by atoms with Gasteiger partial charge >= 0.3 is 0 Å². The van der Waals surface area contributed by atoms with Gasteiger partial charge in [0.1, 0.15) is 0 Å². The van der Waals surface area contributed by atoms with Crippen LogP contribution in [0.4, 0.5) is 0 Å². The maximum absolute atomic E-state index is 8.65. The summed E-state index contributed by atoms with van der Waals surface area (Å²) in [6.45, 7) is 15.7. The quantitative estimate of drug-likeness (QED) is 0.623.